The molecule has 0 N–H and O–H groups in total. The monoisotopic (exact) mass is 204 g/mol. The molecule has 1 rings (SSSR count). The molecule has 0 radical (unpaired) electrons. The van der Waals surface area contributed by atoms with Gasteiger partial charge in [-0.3, -0.25) is 4.84 Å². The molecule has 0 aliphatic rings. The molecule has 0 aliphatic heterocycles. The van der Waals surface area contributed by atoms with Crippen LogP contribution in [-0.2, 0) is 4.84 Å². The van der Waals surface area contributed by atoms with Gasteiger partial charge in [-0.05, 0) is 11.6 Å². The van der Waals surface area contributed by atoms with Crippen LogP contribution in [-0.4, -0.2) is 36.2 Å². The van der Waals surface area contributed by atoms with Crippen LogP contribution in [0.4, 0.5) is 5.95 Å². The molecule has 0 bridgehead atoms. The zero-order valence-corrected chi connectivity index (χ0v) is 8.24. The number of ether oxygens (including phenoxy) is 1. The van der Waals surface area contributed by atoms with Gasteiger partial charge >= 0.3 is 6.01 Å². The number of hydrogen-bond acceptors (Lipinski definition) is 6. The Hall–Kier alpha value is -1.14. The molecule has 0 atom stereocenters. The lowest BCUT2D eigenvalue weighted by Crippen LogP contribution is -2.18. The minimum atomic E-state index is 0.0609. The summed E-state index contributed by atoms with van der Waals surface area (Å²) in [4.78, 5) is 16.3. The van der Waals surface area contributed by atoms with E-state index in [1.54, 1.807) is 7.05 Å². The van der Waals surface area contributed by atoms with Gasteiger partial charge in [0, 0.05) is 7.05 Å². The Morgan fingerprint density at radius 2 is 1.92 bits per heavy atom. The van der Waals surface area contributed by atoms with Gasteiger partial charge in [-0.1, -0.05) is 0 Å². The number of hydrogen-bond donors (Lipinski definition) is 0. The van der Waals surface area contributed by atoms with Crippen LogP contribution in [0.1, 0.15) is 0 Å². The van der Waals surface area contributed by atoms with Gasteiger partial charge in [0.2, 0.25) is 5.28 Å². The summed E-state index contributed by atoms with van der Waals surface area (Å²) < 4.78 is 4.80. The maximum atomic E-state index is 5.61. The molecule has 1 aromatic heterocycles. The van der Waals surface area contributed by atoms with Crippen LogP contribution in [0.2, 0.25) is 5.28 Å². The van der Waals surface area contributed by atoms with Crippen molar-refractivity contribution in [1.82, 2.24) is 15.0 Å². The molecule has 0 saturated heterocycles. The topological polar surface area (TPSA) is 60.4 Å². The fourth-order valence-electron chi connectivity index (χ4n) is 0.636. The molecule has 0 aromatic carbocycles. The molecule has 72 valence electrons. The van der Waals surface area contributed by atoms with Crippen molar-refractivity contribution in [1.29, 1.82) is 0 Å². The van der Waals surface area contributed by atoms with Crippen LogP contribution in [0.5, 0.6) is 6.01 Å². The zero-order valence-electron chi connectivity index (χ0n) is 7.48. The molecule has 0 saturated carbocycles. The minimum absolute atomic E-state index is 0.0609. The van der Waals surface area contributed by atoms with E-state index in [0.717, 1.165) is 0 Å². The third-order valence-corrected chi connectivity index (χ3v) is 1.48. The van der Waals surface area contributed by atoms with Crippen LogP contribution in [0.25, 0.3) is 0 Å². The highest BCUT2D eigenvalue weighted by atomic mass is 35.5. The molecule has 13 heavy (non-hydrogen) atoms. The quantitative estimate of drug-likeness (QED) is 0.670. The number of hydroxylamine groups is 1. The number of anilines is 1. The van der Waals surface area contributed by atoms with Gasteiger partial charge in [-0.2, -0.15) is 15.0 Å². The summed E-state index contributed by atoms with van der Waals surface area (Å²) in [6.45, 7) is 0. The van der Waals surface area contributed by atoms with Crippen LogP contribution in [0.15, 0.2) is 0 Å². The lowest BCUT2D eigenvalue weighted by Gasteiger charge is -2.13. The smallest absolute Gasteiger partial charge is 0.322 e. The number of nitrogens with zero attached hydrogens (tertiary/aromatic N) is 4. The zero-order chi connectivity index (χ0) is 9.84. The van der Waals surface area contributed by atoms with E-state index in [4.69, 9.17) is 21.2 Å². The normalized spacial score (nSPS) is 9.85. The van der Waals surface area contributed by atoms with Crippen molar-refractivity contribution < 1.29 is 9.57 Å². The van der Waals surface area contributed by atoms with Crippen LogP contribution < -0.4 is 9.80 Å². The molecule has 1 aromatic rings. The molecule has 0 fully saturated rings. The van der Waals surface area contributed by atoms with Gasteiger partial charge in [0.15, 0.2) is 0 Å². The lowest BCUT2D eigenvalue weighted by atomic mass is 10.9. The summed E-state index contributed by atoms with van der Waals surface area (Å²) in [5.41, 5.74) is 0. The molecular formula is C6H9ClN4O2. The highest BCUT2D eigenvalue weighted by Gasteiger charge is 2.08. The SMILES string of the molecule is COc1nc(Cl)nc(N(C)OC)n1. The van der Waals surface area contributed by atoms with E-state index < -0.39 is 0 Å². The molecule has 6 nitrogen and oxygen atoms in total. The molecule has 0 aliphatic carbocycles. The number of methoxy groups -OCH3 is 1. The van der Waals surface area contributed by atoms with E-state index in [1.165, 1.54) is 19.3 Å². The standard InChI is InChI=1S/C6H9ClN4O2/c1-11(13-3)5-8-4(7)9-6(10-5)12-2/h1-3H3. The number of halogens is 1. The molecular weight excluding hydrogens is 196 g/mol. The summed E-state index contributed by atoms with van der Waals surface area (Å²) in [6.07, 6.45) is 0. The molecule has 0 unspecified atom stereocenters. The van der Waals surface area contributed by atoms with Gasteiger partial charge in [0.25, 0.3) is 5.95 Å². The van der Waals surface area contributed by atoms with E-state index in [1.807, 2.05) is 0 Å². The molecule has 0 amide bonds. The summed E-state index contributed by atoms with van der Waals surface area (Å²) in [7, 11) is 4.58. The maximum Gasteiger partial charge on any atom is 0.322 e. The molecule has 1 heterocycles. The predicted octanol–water partition coefficient (Wildman–Crippen LogP) is 0.531. The first-order valence-corrected chi connectivity index (χ1v) is 3.78. The summed E-state index contributed by atoms with van der Waals surface area (Å²) in [5.74, 6) is 0.291. The van der Waals surface area contributed by atoms with E-state index in [0.29, 0.717) is 5.95 Å². The van der Waals surface area contributed by atoms with E-state index in [-0.39, 0.29) is 11.3 Å². The molecule has 7 heteroatoms. The Bertz CT molecular complexity index is 296. The Morgan fingerprint density at radius 3 is 2.46 bits per heavy atom. The third kappa shape index (κ3) is 2.40. The average molecular weight is 205 g/mol. The molecule has 0 spiro atoms. The predicted molar refractivity (Wildman–Crippen MR) is 46.8 cm³/mol. The van der Waals surface area contributed by atoms with Crippen molar-refractivity contribution in [3.05, 3.63) is 5.28 Å². The second kappa shape index (κ2) is 4.20. The largest absolute Gasteiger partial charge is 0.467 e. The number of rotatable bonds is 3. The first-order valence-electron chi connectivity index (χ1n) is 3.40. The van der Waals surface area contributed by atoms with Crippen LogP contribution in [0, 0.1) is 0 Å². The highest BCUT2D eigenvalue weighted by molar-refractivity contribution is 6.28. The lowest BCUT2D eigenvalue weighted by molar-refractivity contribution is 0.179. The Morgan fingerprint density at radius 1 is 1.23 bits per heavy atom. The average Bonchev–Trinajstić information content (AvgIpc) is 2.15. The third-order valence-electron chi connectivity index (χ3n) is 1.31. The van der Waals surface area contributed by atoms with E-state index in [9.17, 15) is 0 Å². The minimum Gasteiger partial charge on any atom is -0.467 e. The van der Waals surface area contributed by atoms with Gasteiger partial charge in [0.1, 0.15) is 0 Å². The first-order chi connectivity index (χ1) is 6.17. The van der Waals surface area contributed by atoms with Gasteiger partial charge < -0.3 is 4.74 Å². The summed E-state index contributed by atoms with van der Waals surface area (Å²) >= 11 is 5.61. The first kappa shape index (κ1) is 9.94. The summed E-state index contributed by atoms with van der Waals surface area (Å²) in [5, 5.41) is 1.40. The fourth-order valence-corrected chi connectivity index (χ4v) is 0.784. The van der Waals surface area contributed by atoms with E-state index >= 15 is 0 Å². The Labute approximate surface area is 80.4 Å². The van der Waals surface area contributed by atoms with Crippen LogP contribution >= 0.6 is 11.6 Å². The van der Waals surface area contributed by atoms with Gasteiger partial charge in [-0.15, -0.1) is 0 Å². The Balaban J connectivity index is 3.01. The van der Waals surface area contributed by atoms with Crippen molar-refractivity contribution in [3.63, 3.8) is 0 Å². The van der Waals surface area contributed by atoms with Crippen molar-refractivity contribution in [3.8, 4) is 6.01 Å². The Kier molecular flexibility index (Phi) is 3.21. The van der Waals surface area contributed by atoms with Crippen LogP contribution in [0.3, 0.4) is 0 Å². The highest BCUT2D eigenvalue weighted by Crippen LogP contribution is 2.13. The van der Waals surface area contributed by atoms with Gasteiger partial charge in [-0.25, -0.2) is 5.06 Å². The maximum absolute atomic E-state index is 5.61. The summed E-state index contributed by atoms with van der Waals surface area (Å²) in [6, 6.07) is 0.152. The van der Waals surface area contributed by atoms with Crippen molar-refractivity contribution in [2.75, 3.05) is 26.3 Å². The van der Waals surface area contributed by atoms with Crippen molar-refractivity contribution in [2.24, 2.45) is 0 Å². The van der Waals surface area contributed by atoms with Gasteiger partial charge in [0.05, 0.1) is 14.2 Å². The van der Waals surface area contributed by atoms with E-state index in [2.05, 4.69) is 15.0 Å². The number of aromatic nitrogens is 3. The fraction of sp³-hybridized carbons (Fsp3) is 0.500. The van der Waals surface area contributed by atoms with Crippen molar-refractivity contribution in [2.45, 2.75) is 0 Å². The second-order valence-electron chi connectivity index (χ2n) is 2.07. The van der Waals surface area contributed by atoms with Crippen molar-refractivity contribution >= 4 is 17.5 Å². The second-order valence-corrected chi connectivity index (χ2v) is 2.41.